The third-order valence-corrected chi connectivity index (χ3v) is 5.74. The quantitative estimate of drug-likeness (QED) is 0.861. The molecule has 3 fully saturated rings. The van der Waals surface area contributed by atoms with E-state index >= 15 is 0 Å². The second kappa shape index (κ2) is 6.54. The SMILES string of the molecule is CC1(O)CN(c2ccc(CC3CC4CCCCC4NC3=O)cn2)C(=O)O1. The van der Waals surface area contributed by atoms with E-state index < -0.39 is 11.9 Å². The number of piperidine rings is 1. The first-order valence-corrected chi connectivity index (χ1v) is 9.39. The van der Waals surface area contributed by atoms with E-state index in [-0.39, 0.29) is 18.4 Å². The molecule has 26 heavy (non-hydrogen) atoms. The van der Waals surface area contributed by atoms with E-state index in [0.29, 0.717) is 24.2 Å². The smallest absolute Gasteiger partial charge is 0.415 e. The molecule has 1 aliphatic carbocycles. The molecule has 2 aliphatic heterocycles. The number of aliphatic hydroxyl groups is 1. The van der Waals surface area contributed by atoms with Crippen molar-refractivity contribution in [3.63, 3.8) is 0 Å². The molecule has 0 radical (unpaired) electrons. The fourth-order valence-electron chi connectivity index (χ4n) is 4.42. The highest BCUT2D eigenvalue weighted by atomic mass is 16.7. The largest absolute Gasteiger partial charge is 0.418 e. The van der Waals surface area contributed by atoms with Gasteiger partial charge in [-0.3, -0.25) is 9.69 Å². The number of cyclic esters (lactones) is 1. The van der Waals surface area contributed by atoms with Crippen LogP contribution in [-0.4, -0.2) is 40.5 Å². The standard InChI is InChI=1S/C19H25N3O4/c1-19(25)11-22(18(24)26-19)16-7-6-12(10-20-16)8-14-9-13-4-2-3-5-15(13)21-17(14)23/h6-7,10,13-15,25H,2-5,8-9,11H2,1H3,(H,21,23). The lowest BCUT2D eigenvalue weighted by atomic mass is 9.74. The molecule has 2 N–H and O–H groups in total. The summed E-state index contributed by atoms with van der Waals surface area (Å²) in [5.74, 6) is -0.318. The topological polar surface area (TPSA) is 91.8 Å². The molecule has 0 bridgehead atoms. The van der Waals surface area contributed by atoms with Crippen LogP contribution in [0.1, 0.15) is 44.6 Å². The number of carbonyl (C=O) groups excluding carboxylic acids is 2. The van der Waals surface area contributed by atoms with Crippen molar-refractivity contribution in [1.29, 1.82) is 0 Å². The molecule has 0 aromatic carbocycles. The summed E-state index contributed by atoms with van der Waals surface area (Å²) >= 11 is 0. The number of aromatic nitrogens is 1. The number of carbonyl (C=O) groups is 2. The molecule has 2 saturated heterocycles. The molecule has 1 aromatic rings. The van der Waals surface area contributed by atoms with Crippen LogP contribution in [0.2, 0.25) is 0 Å². The number of pyridine rings is 1. The average Bonchev–Trinajstić information content (AvgIpc) is 2.89. The van der Waals surface area contributed by atoms with Gasteiger partial charge in [-0.1, -0.05) is 18.9 Å². The zero-order valence-corrected chi connectivity index (χ0v) is 15.0. The lowest BCUT2D eigenvalue weighted by molar-refractivity contribution is -0.129. The molecule has 1 aromatic heterocycles. The fourth-order valence-corrected chi connectivity index (χ4v) is 4.42. The summed E-state index contributed by atoms with van der Waals surface area (Å²) in [4.78, 5) is 29.9. The maximum absolute atomic E-state index is 12.4. The Hall–Kier alpha value is -2.15. The van der Waals surface area contributed by atoms with Crippen LogP contribution in [0.25, 0.3) is 0 Å². The number of hydrogen-bond donors (Lipinski definition) is 2. The predicted molar refractivity (Wildman–Crippen MR) is 94.4 cm³/mol. The summed E-state index contributed by atoms with van der Waals surface area (Å²) in [6, 6.07) is 3.99. The molecule has 3 heterocycles. The van der Waals surface area contributed by atoms with Gasteiger partial charge in [0.2, 0.25) is 11.7 Å². The van der Waals surface area contributed by atoms with Gasteiger partial charge in [0, 0.05) is 25.1 Å². The lowest BCUT2D eigenvalue weighted by Crippen LogP contribution is -2.51. The zero-order chi connectivity index (χ0) is 18.3. The number of ether oxygens (including phenoxy) is 1. The summed E-state index contributed by atoms with van der Waals surface area (Å²) in [7, 11) is 0. The molecular formula is C19H25N3O4. The molecule has 1 saturated carbocycles. The first-order chi connectivity index (χ1) is 12.4. The molecule has 4 atom stereocenters. The minimum atomic E-state index is -1.49. The number of hydrogen-bond acceptors (Lipinski definition) is 5. The minimum Gasteiger partial charge on any atom is -0.415 e. The van der Waals surface area contributed by atoms with E-state index in [1.54, 1.807) is 12.3 Å². The molecule has 2 amide bonds. The Morgan fingerprint density at radius 2 is 2.15 bits per heavy atom. The molecule has 4 rings (SSSR count). The van der Waals surface area contributed by atoms with Crippen LogP contribution in [0.5, 0.6) is 0 Å². The van der Waals surface area contributed by atoms with Crippen LogP contribution in [0.4, 0.5) is 10.6 Å². The van der Waals surface area contributed by atoms with Gasteiger partial charge in [0.25, 0.3) is 0 Å². The van der Waals surface area contributed by atoms with Gasteiger partial charge in [0.1, 0.15) is 5.82 Å². The summed E-state index contributed by atoms with van der Waals surface area (Å²) in [5, 5.41) is 13.0. The second-order valence-electron chi connectivity index (χ2n) is 7.95. The molecule has 3 aliphatic rings. The fraction of sp³-hybridized carbons (Fsp3) is 0.632. The van der Waals surface area contributed by atoms with E-state index in [2.05, 4.69) is 10.3 Å². The van der Waals surface area contributed by atoms with Gasteiger partial charge in [0.15, 0.2) is 0 Å². The zero-order valence-electron chi connectivity index (χ0n) is 15.0. The highest BCUT2D eigenvalue weighted by Gasteiger charge is 2.41. The molecule has 7 nitrogen and oxygen atoms in total. The van der Waals surface area contributed by atoms with Crippen LogP contribution in [0, 0.1) is 11.8 Å². The number of fused-ring (bicyclic) bond motifs is 1. The van der Waals surface area contributed by atoms with E-state index in [1.165, 1.54) is 31.1 Å². The van der Waals surface area contributed by atoms with Crippen molar-refractivity contribution in [1.82, 2.24) is 10.3 Å². The summed E-state index contributed by atoms with van der Waals surface area (Å²) in [6.45, 7) is 1.49. The first kappa shape index (κ1) is 17.3. The Morgan fingerprint density at radius 1 is 1.35 bits per heavy atom. The van der Waals surface area contributed by atoms with Crippen molar-refractivity contribution in [3.05, 3.63) is 23.9 Å². The molecule has 4 unspecified atom stereocenters. The lowest BCUT2D eigenvalue weighted by Gasteiger charge is -2.39. The van der Waals surface area contributed by atoms with Gasteiger partial charge < -0.3 is 15.2 Å². The normalized spacial score (nSPS) is 34.2. The second-order valence-corrected chi connectivity index (χ2v) is 7.95. The number of anilines is 1. The van der Waals surface area contributed by atoms with Crippen LogP contribution in [-0.2, 0) is 16.0 Å². The average molecular weight is 359 g/mol. The number of nitrogens with one attached hydrogen (secondary N) is 1. The third-order valence-electron chi connectivity index (χ3n) is 5.74. The van der Waals surface area contributed by atoms with Crippen molar-refractivity contribution in [2.24, 2.45) is 11.8 Å². The monoisotopic (exact) mass is 359 g/mol. The Morgan fingerprint density at radius 3 is 2.85 bits per heavy atom. The maximum atomic E-state index is 12.4. The van der Waals surface area contributed by atoms with Crippen molar-refractivity contribution >= 4 is 17.8 Å². The van der Waals surface area contributed by atoms with Gasteiger partial charge in [0.05, 0.1) is 6.54 Å². The van der Waals surface area contributed by atoms with Crippen LogP contribution >= 0.6 is 0 Å². The third kappa shape index (κ3) is 3.40. The van der Waals surface area contributed by atoms with E-state index in [1.807, 2.05) is 6.07 Å². The Bertz CT molecular complexity index is 703. The maximum Gasteiger partial charge on any atom is 0.418 e. The Labute approximate surface area is 152 Å². The number of rotatable bonds is 3. The highest BCUT2D eigenvalue weighted by Crippen LogP contribution is 2.34. The Kier molecular flexibility index (Phi) is 4.34. The van der Waals surface area contributed by atoms with Gasteiger partial charge in [-0.25, -0.2) is 9.78 Å². The van der Waals surface area contributed by atoms with Crippen molar-refractivity contribution in [2.45, 2.75) is 57.3 Å². The predicted octanol–water partition coefficient (Wildman–Crippen LogP) is 1.98. The number of nitrogens with zero attached hydrogens (tertiary/aromatic N) is 2. The van der Waals surface area contributed by atoms with Crippen LogP contribution in [0.3, 0.4) is 0 Å². The van der Waals surface area contributed by atoms with Crippen molar-refractivity contribution in [3.8, 4) is 0 Å². The molecular weight excluding hydrogens is 334 g/mol. The minimum absolute atomic E-state index is 0.0144. The van der Waals surface area contributed by atoms with Gasteiger partial charge in [-0.05, 0) is 43.2 Å². The van der Waals surface area contributed by atoms with E-state index in [4.69, 9.17) is 4.74 Å². The summed E-state index contributed by atoms with van der Waals surface area (Å²) in [5.41, 5.74) is 0.975. The number of amides is 2. The summed E-state index contributed by atoms with van der Waals surface area (Å²) < 4.78 is 4.88. The van der Waals surface area contributed by atoms with Crippen LogP contribution in [0.15, 0.2) is 18.3 Å². The van der Waals surface area contributed by atoms with Gasteiger partial charge >= 0.3 is 6.09 Å². The van der Waals surface area contributed by atoms with E-state index in [9.17, 15) is 14.7 Å². The number of β-amino-alcohol motifs (C(OH)–C–C–N with tert-alkyl or cyclic N) is 1. The Balaban J connectivity index is 1.41. The van der Waals surface area contributed by atoms with Crippen LogP contribution < -0.4 is 10.2 Å². The molecule has 140 valence electrons. The van der Waals surface area contributed by atoms with Gasteiger partial charge in [-0.2, -0.15) is 0 Å². The van der Waals surface area contributed by atoms with Gasteiger partial charge in [-0.15, -0.1) is 0 Å². The van der Waals surface area contributed by atoms with Crippen molar-refractivity contribution < 1.29 is 19.4 Å². The van der Waals surface area contributed by atoms with E-state index in [0.717, 1.165) is 18.4 Å². The summed E-state index contributed by atoms with van der Waals surface area (Å²) in [6.07, 6.45) is 7.48. The molecule has 0 spiro atoms. The highest BCUT2D eigenvalue weighted by molar-refractivity contribution is 5.88. The van der Waals surface area contributed by atoms with Crippen molar-refractivity contribution in [2.75, 3.05) is 11.4 Å². The first-order valence-electron chi connectivity index (χ1n) is 9.39. The molecule has 7 heteroatoms.